The number of nitrogens with two attached hydrogens (primary N) is 1. The van der Waals surface area contributed by atoms with E-state index in [1.165, 1.54) is 12.1 Å². The Balaban J connectivity index is 3.26. The highest BCUT2D eigenvalue weighted by molar-refractivity contribution is 5.92. The Morgan fingerprint density at radius 1 is 1.65 bits per heavy atom. The zero-order valence-electron chi connectivity index (χ0n) is 9.68. The van der Waals surface area contributed by atoms with Gasteiger partial charge in [-0.1, -0.05) is 13.0 Å². The third-order valence-corrected chi connectivity index (χ3v) is 2.29. The first-order chi connectivity index (χ1) is 8.02. The molecule has 1 aromatic rings. The Morgan fingerprint density at radius 3 is 2.76 bits per heavy atom. The number of aliphatic hydroxyl groups is 1. The van der Waals surface area contributed by atoms with Gasteiger partial charge in [0.1, 0.15) is 17.7 Å². The fourth-order valence-corrected chi connectivity index (χ4v) is 1.43. The molecule has 1 rings (SSSR count). The summed E-state index contributed by atoms with van der Waals surface area (Å²) in [6.07, 6.45) is -1.83. The number of nitrogens with zero attached hydrogens (tertiary/aromatic N) is 1. The van der Waals surface area contributed by atoms with Gasteiger partial charge in [0, 0.05) is 0 Å². The van der Waals surface area contributed by atoms with Crippen molar-refractivity contribution in [3.8, 4) is 0 Å². The molecule has 6 heteroatoms. The fraction of sp³-hybridized carbons (Fsp3) is 0.364. The SMILES string of the molecule is CCC(O)N(C(=O)OC)c1c(N)cccc1F. The van der Waals surface area contributed by atoms with Crippen LogP contribution >= 0.6 is 0 Å². The summed E-state index contributed by atoms with van der Waals surface area (Å²) in [5.74, 6) is -0.692. The van der Waals surface area contributed by atoms with E-state index in [1.807, 2.05) is 0 Å². The van der Waals surface area contributed by atoms with Crippen LogP contribution in [-0.2, 0) is 4.74 Å². The van der Waals surface area contributed by atoms with Crippen molar-refractivity contribution in [2.45, 2.75) is 19.6 Å². The van der Waals surface area contributed by atoms with Gasteiger partial charge in [-0.15, -0.1) is 0 Å². The molecule has 0 fully saturated rings. The number of hydrogen-bond acceptors (Lipinski definition) is 4. The molecule has 1 amide bonds. The molecular weight excluding hydrogens is 227 g/mol. The number of halogens is 1. The maximum Gasteiger partial charge on any atom is 0.416 e. The van der Waals surface area contributed by atoms with Gasteiger partial charge < -0.3 is 15.6 Å². The molecule has 1 atom stereocenters. The van der Waals surface area contributed by atoms with E-state index in [2.05, 4.69) is 4.74 Å². The number of carbonyl (C=O) groups excluding carboxylic acids is 1. The summed E-state index contributed by atoms with van der Waals surface area (Å²) in [5, 5.41) is 9.72. The molecule has 0 heterocycles. The van der Waals surface area contributed by atoms with Crippen LogP contribution in [0, 0.1) is 5.82 Å². The van der Waals surface area contributed by atoms with Crippen LogP contribution < -0.4 is 10.6 Å². The molecular formula is C11H15FN2O3. The molecule has 17 heavy (non-hydrogen) atoms. The van der Waals surface area contributed by atoms with Crippen molar-refractivity contribution in [1.82, 2.24) is 0 Å². The molecule has 1 unspecified atom stereocenters. The van der Waals surface area contributed by atoms with Crippen molar-refractivity contribution >= 4 is 17.5 Å². The fourth-order valence-electron chi connectivity index (χ4n) is 1.43. The first kappa shape index (κ1) is 13.2. The summed E-state index contributed by atoms with van der Waals surface area (Å²) < 4.78 is 18.2. The highest BCUT2D eigenvalue weighted by atomic mass is 19.1. The number of rotatable bonds is 3. The lowest BCUT2D eigenvalue weighted by molar-refractivity contribution is 0.132. The second kappa shape index (κ2) is 5.49. The molecule has 0 saturated heterocycles. The van der Waals surface area contributed by atoms with Crippen molar-refractivity contribution in [2.24, 2.45) is 0 Å². The normalized spacial score (nSPS) is 12.0. The van der Waals surface area contributed by atoms with Gasteiger partial charge in [0.25, 0.3) is 0 Å². The van der Waals surface area contributed by atoms with Crippen LogP contribution in [-0.4, -0.2) is 24.5 Å². The highest BCUT2D eigenvalue weighted by Crippen LogP contribution is 2.29. The third-order valence-electron chi connectivity index (χ3n) is 2.29. The third kappa shape index (κ3) is 2.65. The molecule has 0 aliphatic carbocycles. The van der Waals surface area contributed by atoms with Gasteiger partial charge >= 0.3 is 6.09 Å². The number of para-hydroxylation sites is 1. The van der Waals surface area contributed by atoms with Crippen molar-refractivity contribution < 1.29 is 19.0 Å². The molecule has 0 aliphatic rings. The molecule has 0 aliphatic heterocycles. The monoisotopic (exact) mass is 242 g/mol. The van der Waals surface area contributed by atoms with Crippen LogP contribution in [0.4, 0.5) is 20.6 Å². The lowest BCUT2D eigenvalue weighted by Crippen LogP contribution is -2.41. The van der Waals surface area contributed by atoms with Crippen LogP contribution in [0.1, 0.15) is 13.3 Å². The van der Waals surface area contributed by atoms with Gasteiger partial charge in [0.05, 0.1) is 12.8 Å². The molecule has 0 radical (unpaired) electrons. The van der Waals surface area contributed by atoms with Crippen molar-refractivity contribution in [2.75, 3.05) is 17.7 Å². The van der Waals surface area contributed by atoms with E-state index in [0.717, 1.165) is 18.1 Å². The predicted octanol–water partition coefficient (Wildman–Crippen LogP) is 1.71. The van der Waals surface area contributed by atoms with E-state index in [-0.39, 0.29) is 17.8 Å². The Bertz CT molecular complexity index is 391. The second-order valence-electron chi connectivity index (χ2n) is 3.41. The van der Waals surface area contributed by atoms with Gasteiger partial charge in [0.2, 0.25) is 0 Å². The minimum Gasteiger partial charge on any atom is -0.452 e. The lowest BCUT2D eigenvalue weighted by atomic mass is 10.2. The minimum atomic E-state index is -1.19. The number of aliphatic hydroxyl groups excluding tert-OH is 1. The summed E-state index contributed by atoms with van der Waals surface area (Å²) in [7, 11) is 1.15. The molecule has 0 bridgehead atoms. The van der Waals surface area contributed by atoms with Crippen LogP contribution in [0.5, 0.6) is 0 Å². The van der Waals surface area contributed by atoms with E-state index in [1.54, 1.807) is 6.92 Å². The molecule has 1 aromatic carbocycles. The van der Waals surface area contributed by atoms with Crippen LogP contribution in [0.25, 0.3) is 0 Å². The Hall–Kier alpha value is -1.82. The molecule has 0 saturated carbocycles. The van der Waals surface area contributed by atoms with E-state index in [0.29, 0.717) is 0 Å². The Labute approximate surface area is 98.6 Å². The van der Waals surface area contributed by atoms with Crippen LogP contribution in [0.3, 0.4) is 0 Å². The number of methoxy groups -OCH3 is 1. The number of amides is 1. The molecule has 0 aromatic heterocycles. The molecule has 3 N–H and O–H groups in total. The molecule has 94 valence electrons. The number of anilines is 2. The van der Waals surface area contributed by atoms with Gasteiger partial charge in [-0.25, -0.2) is 14.1 Å². The van der Waals surface area contributed by atoms with Crippen molar-refractivity contribution in [3.63, 3.8) is 0 Å². The van der Waals surface area contributed by atoms with Gasteiger partial charge in [0.15, 0.2) is 0 Å². The summed E-state index contributed by atoms with van der Waals surface area (Å²) in [6.45, 7) is 1.65. The number of carbonyl (C=O) groups is 1. The first-order valence-electron chi connectivity index (χ1n) is 5.12. The minimum absolute atomic E-state index is 0.0582. The zero-order chi connectivity index (χ0) is 13.0. The van der Waals surface area contributed by atoms with Gasteiger partial charge in [-0.2, -0.15) is 0 Å². The van der Waals surface area contributed by atoms with E-state index in [9.17, 15) is 14.3 Å². The number of nitrogen functional groups attached to an aromatic ring is 1. The summed E-state index contributed by atoms with van der Waals surface area (Å²) in [5.41, 5.74) is 5.49. The standard InChI is InChI=1S/C11H15FN2O3/c1-3-9(15)14(11(16)17-2)10-7(12)5-4-6-8(10)13/h4-6,9,15H,3,13H2,1-2H3. The highest BCUT2D eigenvalue weighted by Gasteiger charge is 2.27. The number of ether oxygens (including phenoxy) is 1. The lowest BCUT2D eigenvalue weighted by Gasteiger charge is -2.27. The summed E-state index contributed by atoms with van der Waals surface area (Å²) in [6, 6.07) is 4.02. The molecule has 5 nitrogen and oxygen atoms in total. The Kier molecular flexibility index (Phi) is 4.28. The molecule has 0 spiro atoms. The second-order valence-corrected chi connectivity index (χ2v) is 3.41. The van der Waals surface area contributed by atoms with Crippen LogP contribution in [0.15, 0.2) is 18.2 Å². The number of benzene rings is 1. The van der Waals surface area contributed by atoms with Crippen molar-refractivity contribution in [1.29, 1.82) is 0 Å². The van der Waals surface area contributed by atoms with E-state index in [4.69, 9.17) is 5.73 Å². The maximum absolute atomic E-state index is 13.7. The van der Waals surface area contributed by atoms with Crippen molar-refractivity contribution in [3.05, 3.63) is 24.0 Å². The first-order valence-corrected chi connectivity index (χ1v) is 5.12. The van der Waals surface area contributed by atoms with E-state index >= 15 is 0 Å². The average molecular weight is 242 g/mol. The zero-order valence-corrected chi connectivity index (χ0v) is 9.68. The predicted molar refractivity (Wildman–Crippen MR) is 62.0 cm³/mol. The van der Waals surface area contributed by atoms with Gasteiger partial charge in [-0.3, -0.25) is 0 Å². The quantitative estimate of drug-likeness (QED) is 0.625. The summed E-state index contributed by atoms with van der Waals surface area (Å²) >= 11 is 0. The Morgan fingerprint density at radius 2 is 2.29 bits per heavy atom. The number of hydrogen-bond donors (Lipinski definition) is 2. The summed E-state index contributed by atoms with van der Waals surface area (Å²) in [4.78, 5) is 12.3. The average Bonchev–Trinajstić information content (AvgIpc) is 2.32. The smallest absolute Gasteiger partial charge is 0.416 e. The van der Waals surface area contributed by atoms with Crippen LogP contribution in [0.2, 0.25) is 0 Å². The van der Waals surface area contributed by atoms with E-state index < -0.39 is 18.1 Å². The maximum atomic E-state index is 13.7. The van der Waals surface area contributed by atoms with Gasteiger partial charge in [-0.05, 0) is 18.6 Å². The topological polar surface area (TPSA) is 75.8 Å². The largest absolute Gasteiger partial charge is 0.452 e.